The van der Waals surface area contributed by atoms with Crippen molar-refractivity contribution in [3.05, 3.63) is 58.4 Å². The first-order valence-electron chi connectivity index (χ1n) is 6.19. The van der Waals surface area contributed by atoms with Gasteiger partial charge in [-0.3, -0.25) is 4.79 Å². The molecule has 0 bridgehead atoms. The van der Waals surface area contributed by atoms with Crippen LogP contribution in [0.25, 0.3) is 0 Å². The van der Waals surface area contributed by atoms with E-state index < -0.39 is 5.82 Å². The summed E-state index contributed by atoms with van der Waals surface area (Å²) in [4.78, 5) is 12.4. The Morgan fingerprint density at radius 2 is 1.70 bits per heavy atom. The molecule has 20 heavy (non-hydrogen) atoms. The van der Waals surface area contributed by atoms with E-state index in [4.69, 9.17) is 10.5 Å². The lowest BCUT2D eigenvalue weighted by molar-refractivity contribution is 0.103. The molecule has 0 radical (unpaired) electrons. The quantitative estimate of drug-likeness (QED) is 0.689. The number of ether oxygens (including phenoxy) is 1. The van der Waals surface area contributed by atoms with E-state index in [9.17, 15) is 9.18 Å². The molecule has 0 aliphatic carbocycles. The van der Waals surface area contributed by atoms with Gasteiger partial charge in [-0.15, -0.1) is 0 Å². The van der Waals surface area contributed by atoms with E-state index >= 15 is 0 Å². The average Bonchev–Trinajstić information content (AvgIpc) is 2.40. The number of carbonyl (C=O) groups is 1. The summed E-state index contributed by atoms with van der Waals surface area (Å²) >= 11 is 0. The minimum absolute atomic E-state index is 0.0298. The minimum atomic E-state index is -0.524. The minimum Gasteiger partial charge on any atom is -0.496 e. The number of anilines is 1. The number of benzene rings is 2. The Labute approximate surface area is 117 Å². The standard InChI is InChI=1S/C16H16FNO2/c1-9-6-12(7-10(2)16(9)20-3)15(19)11-4-5-13(17)14(18)8-11/h4-8H,18H2,1-3H3. The van der Waals surface area contributed by atoms with Gasteiger partial charge in [0.2, 0.25) is 0 Å². The lowest BCUT2D eigenvalue weighted by Gasteiger charge is -2.11. The average molecular weight is 273 g/mol. The third-order valence-electron chi connectivity index (χ3n) is 3.18. The maximum absolute atomic E-state index is 13.1. The molecule has 0 aliphatic rings. The number of ketones is 1. The van der Waals surface area contributed by atoms with Crippen molar-refractivity contribution in [2.75, 3.05) is 12.8 Å². The summed E-state index contributed by atoms with van der Waals surface area (Å²) < 4.78 is 18.4. The molecule has 0 fully saturated rings. The second kappa shape index (κ2) is 5.33. The number of methoxy groups -OCH3 is 1. The van der Waals surface area contributed by atoms with E-state index in [1.807, 2.05) is 13.8 Å². The van der Waals surface area contributed by atoms with E-state index in [0.29, 0.717) is 11.1 Å². The zero-order valence-corrected chi connectivity index (χ0v) is 11.7. The van der Waals surface area contributed by atoms with Gasteiger partial charge in [-0.1, -0.05) is 0 Å². The summed E-state index contributed by atoms with van der Waals surface area (Å²) in [7, 11) is 1.59. The smallest absolute Gasteiger partial charge is 0.193 e. The first-order chi connectivity index (χ1) is 9.43. The largest absolute Gasteiger partial charge is 0.496 e. The van der Waals surface area contributed by atoms with Gasteiger partial charge in [0, 0.05) is 11.1 Å². The molecular weight excluding hydrogens is 257 g/mol. The number of nitrogen functional groups attached to an aromatic ring is 1. The Kier molecular flexibility index (Phi) is 3.74. The highest BCUT2D eigenvalue weighted by Crippen LogP contribution is 2.26. The molecule has 0 spiro atoms. The molecule has 0 saturated carbocycles. The number of rotatable bonds is 3. The van der Waals surface area contributed by atoms with Gasteiger partial charge >= 0.3 is 0 Å². The molecule has 2 aromatic rings. The van der Waals surface area contributed by atoms with Crippen LogP contribution in [0, 0.1) is 19.7 Å². The van der Waals surface area contributed by atoms with Gasteiger partial charge < -0.3 is 10.5 Å². The number of carbonyl (C=O) groups excluding carboxylic acids is 1. The summed E-state index contributed by atoms with van der Waals surface area (Å²) in [6.07, 6.45) is 0. The lowest BCUT2D eigenvalue weighted by atomic mass is 9.98. The molecule has 0 saturated heterocycles. The second-order valence-corrected chi connectivity index (χ2v) is 4.71. The predicted octanol–water partition coefficient (Wildman–Crippen LogP) is 3.26. The van der Waals surface area contributed by atoms with E-state index in [-0.39, 0.29) is 11.5 Å². The molecule has 2 rings (SSSR count). The molecule has 0 atom stereocenters. The summed E-state index contributed by atoms with van der Waals surface area (Å²) in [5.41, 5.74) is 8.13. The predicted molar refractivity (Wildman–Crippen MR) is 76.7 cm³/mol. The van der Waals surface area contributed by atoms with Gasteiger partial charge in [0.15, 0.2) is 5.78 Å². The summed E-state index contributed by atoms with van der Waals surface area (Å²) in [6, 6.07) is 7.50. The van der Waals surface area contributed by atoms with Crippen molar-refractivity contribution in [3.8, 4) is 5.75 Å². The Bertz CT molecular complexity index is 657. The van der Waals surface area contributed by atoms with Gasteiger partial charge in [0.1, 0.15) is 11.6 Å². The molecule has 0 amide bonds. The molecule has 2 N–H and O–H groups in total. The Hall–Kier alpha value is -2.36. The number of nitrogens with two attached hydrogens (primary N) is 1. The van der Waals surface area contributed by atoms with Gasteiger partial charge in [-0.2, -0.15) is 0 Å². The van der Waals surface area contributed by atoms with E-state index in [2.05, 4.69) is 0 Å². The first-order valence-corrected chi connectivity index (χ1v) is 6.19. The van der Waals surface area contributed by atoms with Crippen molar-refractivity contribution in [1.29, 1.82) is 0 Å². The Morgan fingerprint density at radius 3 is 2.20 bits per heavy atom. The van der Waals surface area contributed by atoms with Crippen LogP contribution in [0.15, 0.2) is 30.3 Å². The first kappa shape index (κ1) is 14.1. The second-order valence-electron chi connectivity index (χ2n) is 4.71. The lowest BCUT2D eigenvalue weighted by Crippen LogP contribution is -2.05. The van der Waals surface area contributed by atoms with Crippen molar-refractivity contribution < 1.29 is 13.9 Å². The van der Waals surface area contributed by atoms with Crippen LogP contribution in [0.3, 0.4) is 0 Å². The number of aryl methyl sites for hydroxylation is 2. The normalized spacial score (nSPS) is 10.4. The van der Waals surface area contributed by atoms with Gasteiger partial charge in [0.05, 0.1) is 12.8 Å². The topological polar surface area (TPSA) is 52.3 Å². The molecule has 3 nitrogen and oxygen atoms in total. The van der Waals surface area contributed by atoms with E-state index in [1.165, 1.54) is 18.2 Å². The van der Waals surface area contributed by atoms with Crippen LogP contribution >= 0.6 is 0 Å². The highest BCUT2D eigenvalue weighted by molar-refractivity contribution is 6.09. The Balaban J connectivity index is 2.45. The van der Waals surface area contributed by atoms with Crippen molar-refractivity contribution in [3.63, 3.8) is 0 Å². The van der Waals surface area contributed by atoms with Crippen LogP contribution in [-0.2, 0) is 0 Å². The molecular formula is C16H16FNO2. The van der Waals surface area contributed by atoms with Crippen LogP contribution in [0.4, 0.5) is 10.1 Å². The monoisotopic (exact) mass is 273 g/mol. The maximum Gasteiger partial charge on any atom is 0.193 e. The molecule has 0 aliphatic heterocycles. The van der Waals surface area contributed by atoms with Gasteiger partial charge in [-0.25, -0.2) is 4.39 Å². The molecule has 0 heterocycles. The maximum atomic E-state index is 13.1. The van der Waals surface area contributed by atoms with Crippen molar-refractivity contribution >= 4 is 11.5 Å². The van der Waals surface area contributed by atoms with Crippen LogP contribution in [-0.4, -0.2) is 12.9 Å². The molecule has 0 aromatic heterocycles. The van der Waals surface area contributed by atoms with Crippen molar-refractivity contribution in [1.82, 2.24) is 0 Å². The fraction of sp³-hybridized carbons (Fsp3) is 0.188. The van der Waals surface area contributed by atoms with Gasteiger partial charge in [0.25, 0.3) is 0 Å². The summed E-state index contributed by atoms with van der Waals surface area (Å²) in [5.74, 6) is 0.0503. The number of hydrogen-bond donors (Lipinski definition) is 1. The summed E-state index contributed by atoms with van der Waals surface area (Å²) in [6.45, 7) is 3.75. The third kappa shape index (κ3) is 2.50. The highest BCUT2D eigenvalue weighted by Gasteiger charge is 2.14. The molecule has 104 valence electrons. The highest BCUT2D eigenvalue weighted by atomic mass is 19.1. The van der Waals surface area contributed by atoms with Crippen LogP contribution in [0.1, 0.15) is 27.0 Å². The molecule has 2 aromatic carbocycles. The summed E-state index contributed by atoms with van der Waals surface area (Å²) in [5, 5.41) is 0. The van der Waals surface area contributed by atoms with Crippen molar-refractivity contribution in [2.24, 2.45) is 0 Å². The van der Waals surface area contributed by atoms with Gasteiger partial charge in [-0.05, 0) is 55.3 Å². The zero-order chi connectivity index (χ0) is 14.9. The Morgan fingerprint density at radius 1 is 1.10 bits per heavy atom. The van der Waals surface area contributed by atoms with E-state index in [1.54, 1.807) is 19.2 Å². The van der Waals surface area contributed by atoms with Crippen LogP contribution in [0.5, 0.6) is 5.75 Å². The molecule has 4 heteroatoms. The molecule has 0 unspecified atom stereocenters. The number of hydrogen-bond acceptors (Lipinski definition) is 3. The van der Waals surface area contributed by atoms with Crippen molar-refractivity contribution in [2.45, 2.75) is 13.8 Å². The SMILES string of the molecule is COc1c(C)cc(C(=O)c2ccc(F)c(N)c2)cc1C. The number of halogens is 1. The van der Waals surface area contributed by atoms with Crippen LogP contribution < -0.4 is 10.5 Å². The fourth-order valence-electron chi connectivity index (χ4n) is 2.25. The fourth-order valence-corrected chi connectivity index (χ4v) is 2.25. The zero-order valence-electron chi connectivity index (χ0n) is 11.7. The van der Waals surface area contributed by atoms with Crippen LogP contribution in [0.2, 0.25) is 0 Å². The van der Waals surface area contributed by atoms with E-state index in [0.717, 1.165) is 16.9 Å². The third-order valence-corrected chi connectivity index (χ3v) is 3.18.